The van der Waals surface area contributed by atoms with Crippen LogP contribution in [0, 0.1) is 6.92 Å². The first-order chi connectivity index (χ1) is 12.5. The molecule has 1 amide bonds. The highest BCUT2D eigenvalue weighted by Gasteiger charge is 2.41. The summed E-state index contributed by atoms with van der Waals surface area (Å²) in [6.45, 7) is 4.27. The Kier molecular flexibility index (Phi) is 5.78. The number of amidine groups is 1. The van der Waals surface area contributed by atoms with Crippen molar-refractivity contribution in [3.05, 3.63) is 46.7 Å². The number of nitrogens with zero attached hydrogens (tertiary/aromatic N) is 2. The number of carbonyl (C=O) groups excluding carboxylic acids is 2. The van der Waals surface area contributed by atoms with Gasteiger partial charge in [0.15, 0.2) is 5.17 Å². The van der Waals surface area contributed by atoms with Crippen molar-refractivity contribution in [2.75, 3.05) is 26.1 Å². The Balaban J connectivity index is 2.03. The summed E-state index contributed by atoms with van der Waals surface area (Å²) in [7, 11) is 1.55. The first-order valence-corrected chi connectivity index (χ1v) is 9.48. The standard InChI is InChI=1S/C19H22N2O4S/c1-12-4-6-14(7-5-12)17-16(18(23)25-10-9-24-3)13(2)20-19-21(17)15(22)8-11-26-19/h4-7,17H,8-11H2,1-3H3/t17-/m0/s1. The van der Waals surface area contributed by atoms with E-state index in [-0.39, 0.29) is 12.5 Å². The Labute approximate surface area is 157 Å². The molecule has 3 rings (SSSR count). The largest absolute Gasteiger partial charge is 0.460 e. The minimum absolute atomic E-state index is 0.0252. The molecule has 6 nitrogen and oxygen atoms in total. The van der Waals surface area contributed by atoms with Crippen molar-refractivity contribution < 1.29 is 19.1 Å². The molecule has 0 saturated carbocycles. The maximum Gasteiger partial charge on any atom is 0.338 e. The van der Waals surface area contributed by atoms with Gasteiger partial charge in [-0.3, -0.25) is 9.69 Å². The molecule has 0 bridgehead atoms. The summed E-state index contributed by atoms with van der Waals surface area (Å²) in [5.74, 6) is 0.217. The van der Waals surface area contributed by atoms with Gasteiger partial charge in [-0.05, 0) is 19.4 Å². The SMILES string of the molecule is COCCOC(=O)C1=C(C)N=C2SCCC(=O)N2[C@H]1c1ccc(C)cc1. The molecular weight excluding hydrogens is 352 g/mol. The highest BCUT2D eigenvalue weighted by molar-refractivity contribution is 8.14. The zero-order valence-electron chi connectivity index (χ0n) is 15.2. The van der Waals surface area contributed by atoms with Crippen LogP contribution in [0.15, 0.2) is 40.5 Å². The van der Waals surface area contributed by atoms with Crippen molar-refractivity contribution in [2.24, 2.45) is 4.99 Å². The van der Waals surface area contributed by atoms with Crippen LogP contribution in [0.1, 0.15) is 30.5 Å². The Morgan fingerprint density at radius 3 is 2.69 bits per heavy atom. The number of benzene rings is 1. The van der Waals surface area contributed by atoms with Crippen LogP contribution < -0.4 is 0 Å². The van der Waals surface area contributed by atoms with Gasteiger partial charge in [-0.25, -0.2) is 9.79 Å². The molecule has 1 aromatic rings. The molecule has 26 heavy (non-hydrogen) atoms. The number of carbonyl (C=O) groups is 2. The predicted octanol–water partition coefficient (Wildman–Crippen LogP) is 2.83. The van der Waals surface area contributed by atoms with Gasteiger partial charge in [0.25, 0.3) is 0 Å². The second-order valence-electron chi connectivity index (χ2n) is 6.20. The lowest BCUT2D eigenvalue weighted by atomic mass is 9.93. The van der Waals surface area contributed by atoms with E-state index < -0.39 is 12.0 Å². The van der Waals surface area contributed by atoms with Gasteiger partial charge in [0, 0.05) is 19.3 Å². The van der Waals surface area contributed by atoms with Crippen LogP contribution >= 0.6 is 11.8 Å². The molecule has 0 N–H and O–H groups in total. The van der Waals surface area contributed by atoms with Crippen molar-refractivity contribution in [3.63, 3.8) is 0 Å². The van der Waals surface area contributed by atoms with E-state index in [1.165, 1.54) is 0 Å². The number of thioether (sulfide) groups is 1. The summed E-state index contributed by atoms with van der Waals surface area (Å²) in [5, 5.41) is 0.651. The molecule has 1 fully saturated rings. The minimum Gasteiger partial charge on any atom is -0.460 e. The third-order valence-corrected chi connectivity index (χ3v) is 5.29. The van der Waals surface area contributed by atoms with Gasteiger partial charge >= 0.3 is 5.97 Å². The first kappa shape index (κ1) is 18.7. The van der Waals surface area contributed by atoms with Gasteiger partial charge in [0.1, 0.15) is 6.61 Å². The molecule has 1 saturated heterocycles. The van der Waals surface area contributed by atoms with Crippen LogP contribution in [0.5, 0.6) is 0 Å². The number of amides is 1. The Bertz CT molecular complexity index is 770. The second-order valence-corrected chi connectivity index (χ2v) is 7.26. The molecule has 2 aliphatic rings. The fourth-order valence-electron chi connectivity index (χ4n) is 3.02. The van der Waals surface area contributed by atoms with E-state index in [4.69, 9.17) is 9.47 Å². The highest BCUT2D eigenvalue weighted by Crippen LogP contribution is 2.40. The number of fused-ring (bicyclic) bond motifs is 1. The van der Waals surface area contributed by atoms with Crippen LogP contribution in [0.25, 0.3) is 0 Å². The molecule has 2 aliphatic heterocycles. The molecule has 1 aromatic carbocycles. The molecule has 1 atom stereocenters. The van der Waals surface area contributed by atoms with Gasteiger partial charge in [-0.2, -0.15) is 0 Å². The lowest BCUT2D eigenvalue weighted by Gasteiger charge is -2.38. The number of hydrogen-bond donors (Lipinski definition) is 0. The topological polar surface area (TPSA) is 68.2 Å². The first-order valence-electron chi connectivity index (χ1n) is 8.50. The molecule has 138 valence electrons. The summed E-state index contributed by atoms with van der Waals surface area (Å²) < 4.78 is 10.3. The number of methoxy groups -OCH3 is 1. The second kappa shape index (κ2) is 8.05. The molecule has 0 aliphatic carbocycles. The number of esters is 1. The molecule has 0 aromatic heterocycles. The molecule has 0 unspecified atom stereocenters. The molecule has 0 spiro atoms. The third kappa shape index (κ3) is 3.68. The molecular formula is C19H22N2O4S. The maximum absolute atomic E-state index is 12.8. The molecule has 7 heteroatoms. The molecule has 2 heterocycles. The molecule has 0 radical (unpaired) electrons. The fraction of sp³-hybridized carbons (Fsp3) is 0.421. The highest BCUT2D eigenvalue weighted by atomic mass is 32.2. The summed E-state index contributed by atoms with van der Waals surface area (Å²) in [6, 6.07) is 7.34. The third-order valence-electron chi connectivity index (χ3n) is 4.34. The minimum atomic E-state index is -0.515. The van der Waals surface area contributed by atoms with Crippen molar-refractivity contribution in [3.8, 4) is 0 Å². The average Bonchev–Trinajstić information content (AvgIpc) is 2.61. The van der Waals surface area contributed by atoms with Crippen molar-refractivity contribution >= 4 is 28.8 Å². The number of aliphatic imine (C=N–C) groups is 1. The zero-order chi connectivity index (χ0) is 18.7. The van der Waals surface area contributed by atoms with Crippen molar-refractivity contribution in [1.29, 1.82) is 0 Å². The van der Waals surface area contributed by atoms with Gasteiger partial charge < -0.3 is 9.47 Å². The van der Waals surface area contributed by atoms with E-state index in [0.29, 0.717) is 35.2 Å². The number of aryl methyl sites for hydroxylation is 1. The monoisotopic (exact) mass is 374 g/mol. The normalized spacial score (nSPS) is 20.0. The number of allylic oxidation sites excluding steroid dienone is 1. The van der Waals surface area contributed by atoms with Crippen LogP contribution in [0.4, 0.5) is 0 Å². The van der Waals surface area contributed by atoms with Crippen LogP contribution in [-0.2, 0) is 19.1 Å². The van der Waals surface area contributed by atoms with Gasteiger partial charge in [-0.1, -0.05) is 41.6 Å². The summed E-state index contributed by atoms with van der Waals surface area (Å²) in [5.41, 5.74) is 2.98. The van der Waals surface area contributed by atoms with Crippen LogP contribution in [0.2, 0.25) is 0 Å². The number of hydrogen-bond acceptors (Lipinski definition) is 6. The zero-order valence-corrected chi connectivity index (χ0v) is 16.0. The quantitative estimate of drug-likeness (QED) is 0.586. The van der Waals surface area contributed by atoms with Gasteiger partial charge in [-0.15, -0.1) is 0 Å². The van der Waals surface area contributed by atoms with Gasteiger partial charge in [0.05, 0.1) is 23.9 Å². The van der Waals surface area contributed by atoms with E-state index in [9.17, 15) is 9.59 Å². The number of rotatable bonds is 5. The smallest absolute Gasteiger partial charge is 0.338 e. The summed E-state index contributed by atoms with van der Waals surface area (Å²) >= 11 is 1.54. The van der Waals surface area contributed by atoms with Crippen LogP contribution in [-0.4, -0.2) is 48.0 Å². The lowest BCUT2D eigenvalue weighted by molar-refractivity contribution is -0.141. The van der Waals surface area contributed by atoms with E-state index in [0.717, 1.165) is 11.1 Å². The summed E-state index contributed by atoms with van der Waals surface area (Å²) in [6.07, 6.45) is 0.428. The van der Waals surface area contributed by atoms with E-state index in [2.05, 4.69) is 4.99 Å². The number of ether oxygens (including phenoxy) is 2. The summed E-state index contributed by atoms with van der Waals surface area (Å²) in [4.78, 5) is 31.6. The predicted molar refractivity (Wildman–Crippen MR) is 101 cm³/mol. The maximum atomic E-state index is 12.8. The van der Waals surface area contributed by atoms with E-state index in [1.54, 1.807) is 30.7 Å². The van der Waals surface area contributed by atoms with Crippen LogP contribution in [0.3, 0.4) is 0 Å². The Morgan fingerprint density at radius 2 is 2.00 bits per heavy atom. The van der Waals surface area contributed by atoms with E-state index >= 15 is 0 Å². The fourth-order valence-corrected chi connectivity index (χ4v) is 4.02. The van der Waals surface area contributed by atoms with Crippen molar-refractivity contribution in [2.45, 2.75) is 26.3 Å². The lowest BCUT2D eigenvalue weighted by Crippen LogP contribution is -2.45. The Hall–Kier alpha value is -2.12. The Morgan fingerprint density at radius 1 is 1.27 bits per heavy atom. The van der Waals surface area contributed by atoms with E-state index in [1.807, 2.05) is 31.2 Å². The van der Waals surface area contributed by atoms with Crippen molar-refractivity contribution in [1.82, 2.24) is 4.90 Å². The van der Waals surface area contributed by atoms with Gasteiger partial charge in [0.2, 0.25) is 5.91 Å². The average molecular weight is 374 g/mol.